The van der Waals surface area contributed by atoms with Crippen molar-refractivity contribution < 1.29 is 18.8 Å². The van der Waals surface area contributed by atoms with Gasteiger partial charge >= 0.3 is 0 Å². The predicted octanol–water partition coefficient (Wildman–Crippen LogP) is -0.0206. The number of nitrogens with zero attached hydrogens (tertiary/aromatic N) is 2. The molecule has 0 bridgehead atoms. The molecule has 1 aliphatic heterocycles. The fraction of sp³-hybridized carbons (Fsp3) is 0.300. The van der Waals surface area contributed by atoms with Crippen LogP contribution in [0, 0.1) is 5.82 Å². The van der Waals surface area contributed by atoms with Gasteiger partial charge in [-0.2, -0.15) is 0 Å². The summed E-state index contributed by atoms with van der Waals surface area (Å²) in [5, 5.41) is 5.17. The zero-order chi connectivity index (χ0) is 21.8. The molecule has 1 aliphatic rings. The fourth-order valence-electron chi connectivity index (χ4n) is 3.54. The van der Waals surface area contributed by atoms with Gasteiger partial charge in [0, 0.05) is 37.8 Å². The van der Waals surface area contributed by atoms with Gasteiger partial charge in [-0.15, -0.1) is 0 Å². The van der Waals surface area contributed by atoms with Crippen molar-refractivity contribution in [3.8, 4) is 5.69 Å². The number of nitrogens with two attached hydrogens (primary N) is 1. The molecule has 2 heterocycles. The molecule has 1 unspecified atom stereocenters. The number of anilines is 1. The average Bonchev–Trinajstić information content (AvgIpc) is 3.05. The Kier molecular flexibility index (Phi) is 6.26. The first-order valence-corrected chi connectivity index (χ1v) is 9.32. The lowest BCUT2D eigenvalue weighted by Crippen LogP contribution is -2.44. The van der Waals surface area contributed by atoms with Crippen LogP contribution >= 0.6 is 0 Å². The van der Waals surface area contributed by atoms with Crippen molar-refractivity contribution in [3.05, 3.63) is 58.8 Å². The summed E-state index contributed by atoms with van der Waals surface area (Å²) in [6.45, 7) is 1.45. The Balaban J connectivity index is 1.68. The third kappa shape index (κ3) is 4.90. The van der Waals surface area contributed by atoms with Crippen molar-refractivity contribution in [1.82, 2.24) is 14.8 Å². The highest BCUT2D eigenvalue weighted by atomic mass is 19.1. The van der Waals surface area contributed by atoms with E-state index in [2.05, 4.69) is 10.6 Å². The molecule has 1 saturated heterocycles. The number of primary amides is 1. The van der Waals surface area contributed by atoms with E-state index in [4.69, 9.17) is 5.73 Å². The van der Waals surface area contributed by atoms with Crippen LogP contribution in [0.2, 0.25) is 0 Å². The lowest BCUT2D eigenvalue weighted by atomic mass is 10.1. The second-order valence-corrected chi connectivity index (χ2v) is 7.10. The Bertz CT molecular complexity index is 1040. The van der Waals surface area contributed by atoms with Gasteiger partial charge in [-0.3, -0.25) is 28.6 Å². The number of hydrogen-bond acceptors (Lipinski definition) is 5. The molecule has 3 rings (SSSR count). The molecular weight excluding hydrogens is 393 g/mol. The molecule has 1 aromatic carbocycles. The summed E-state index contributed by atoms with van der Waals surface area (Å²) in [4.78, 5) is 48.8. The number of rotatable bonds is 6. The standard InChI is InChI=1S/C20H22FN5O4/c1-12(27)23-13-8-17(20(22)30)25(10-13)11-18(28)24-16-6-5-14(9-15(16)21)26-7-3-2-4-19(26)29/h2-7,9,13,17H,8,10-11H2,1H3,(H2,22,30)(H,23,27)(H,24,28)/t13-,17?/m0/s1. The molecular formula is C20H22FN5O4. The third-order valence-electron chi connectivity index (χ3n) is 4.81. The second-order valence-electron chi connectivity index (χ2n) is 7.10. The van der Waals surface area contributed by atoms with Crippen molar-refractivity contribution in [1.29, 1.82) is 0 Å². The number of benzene rings is 1. The van der Waals surface area contributed by atoms with Gasteiger partial charge < -0.3 is 16.4 Å². The maximum Gasteiger partial charge on any atom is 0.255 e. The predicted molar refractivity (Wildman–Crippen MR) is 107 cm³/mol. The number of carbonyl (C=O) groups excluding carboxylic acids is 3. The van der Waals surface area contributed by atoms with E-state index in [0.29, 0.717) is 12.1 Å². The summed E-state index contributed by atoms with van der Waals surface area (Å²) < 4.78 is 15.8. The first-order valence-electron chi connectivity index (χ1n) is 9.32. The molecule has 0 spiro atoms. The van der Waals surface area contributed by atoms with Crippen LogP contribution in [0.25, 0.3) is 5.69 Å². The molecule has 30 heavy (non-hydrogen) atoms. The first-order chi connectivity index (χ1) is 14.2. The molecule has 10 heteroatoms. The van der Waals surface area contributed by atoms with E-state index in [1.165, 1.54) is 35.9 Å². The summed E-state index contributed by atoms with van der Waals surface area (Å²) in [5.41, 5.74) is 5.36. The van der Waals surface area contributed by atoms with Crippen LogP contribution in [0.5, 0.6) is 0 Å². The Hall–Kier alpha value is -3.53. The third-order valence-corrected chi connectivity index (χ3v) is 4.81. The molecule has 0 aliphatic carbocycles. The van der Waals surface area contributed by atoms with E-state index in [1.54, 1.807) is 17.0 Å². The van der Waals surface area contributed by atoms with E-state index in [9.17, 15) is 23.6 Å². The largest absolute Gasteiger partial charge is 0.368 e. The van der Waals surface area contributed by atoms with Crippen LogP contribution < -0.4 is 21.9 Å². The minimum Gasteiger partial charge on any atom is -0.368 e. The highest BCUT2D eigenvalue weighted by Gasteiger charge is 2.36. The number of pyridine rings is 1. The number of nitrogens with one attached hydrogen (secondary N) is 2. The zero-order valence-electron chi connectivity index (χ0n) is 16.3. The summed E-state index contributed by atoms with van der Waals surface area (Å²) in [5.74, 6) is -2.08. The number of hydrogen-bond donors (Lipinski definition) is 3. The number of aromatic nitrogens is 1. The monoisotopic (exact) mass is 415 g/mol. The van der Waals surface area contributed by atoms with E-state index in [1.807, 2.05) is 0 Å². The van der Waals surface area contributed by atoms with Crippen molar-refractivity contribution in [2.24, 2.45) is 5.73 Å². The molecule has 1 aromatic heterocycles. The minimum absolute atomic E-state index is 0.0547. The van der Waals surface area contributed by atoms with Gasteiger partial charge in [-0.05, 0) is 24.6 Å². The quantitative estimate of drug-likeness (QED) is 0.611. The number of likely N-dealkylation sites (tertiary alicyclic amines) is 1. The topological polar surface area (TPSA) is 127 Å². The van der Waals surface area contributed by atoms with Crippen LogP contribution in [-0.4, -0.2) is 52.4 Å². The molecule has 2 aromatic rings. The van der Waals surface area contributed by atoms with E-state index < -0.39 is 23.7 Å². The highest BCUT2D eigenvalue weighted by molar-refractivity contribution is 5.93. The molecule has 4 N–H and O–H groups in total. The minimum atomic E-state index is -0.708. The summed E-state index contributed by atoms with van der Waals surface area (Å²) >= 11 is 0. The van der Waals surface area contributed by atoms with Crippen molar-refractivity contribution in [3.63, 3.8) is 0 Å². The molecule has 2 atom stereocenters. The van der Waals surface area contributed by atoms with E-state index >= 15 is 0 Å². The maximum atomic E-state index is 14.5. The summed E-state index contributed by atoms with van der Waals surface area (Å²) in [7, 11) is 0. The van der Waals surface area contributed by atoms with Crippen molar-refractivity contribution in [2.45, 2.75) is 25.4 Å². The van der Waals surface area contributed by atoms with Crippen LogP contribution in [0.1, 0.15) is 13.3 Å². The lowest BCUT2D eigenvalue weighted by molar-refractivity contribution is -0.124. The lowest BCUT2D eigenvalue weighted by Gasteiger charge is -2.21. The SMILES string of the molecule is CC(=O)N[C@H]1CC(C(N)=O)N(CC(=O)Nc2ccc(-n3ccccc3=O)cc2F)C1. The Labute approximate surface area is 171 Å². The fourth-order valence-corrected chi connectivity index (χ4v) is 3.54. The molecule has 3 amide bonds. The van der Waals surface area contributed by atoms with E-state index in [-0.39, 0.29) is 36.3 Å². The number of carbonyl (C=O) groups is 3. The highest BCUT2D eigenvalue weighted by Crippen LogP contribution is 2.20. The first kappa shape index (κ1) is 21.2. The van der Waals surface area contributed by atoms with Gasteiger partial charge in [0.2, 0.25) is 17.7 Å². The van der Waals surface area contributed by atoms with Gasteiger partial charge in [0.05, 0.1) is 24.0 Å². The van der Waals surface area contributed by atoms with Crippen molar-refractivity contribution in [2.75, 3.05) is 18.4 Å². The molecule has 0 radical (unpaired) electrons. The molecule has 9 nitrogen and oxygen atoms in total. The molecule has 1 fully saturated rings. The molecule has 158 valence electrons. The molecule has 0 saturated carbocycles. The Morgan fingerprint density at radius 3 is 2.63 bits per heavy atom. The van der Waals surface area contributed by atoms with Gasteiger partial charge in [0.1, 0.15) is 5.82 Å². The van der Waals surface area contributed by atoms with Crippen LogP contribution in [0.4, 0.5) is 10.1 Å². The second kappa shape index (κ2) is 8.87. The van der Waals surface area contributed by atoms with E-state index in [0.717, 1.165) is 6.07 Å². The Morgan fingerprint density at radius 2 is 2.00 bits per heavy atom. The summed E-state index contributed by atoms with van der Waals surface area (Å²) in [6, 6.07) is 7.59. The van der Waals surface area contributed by atoms with Crippen LogP contribution in [0.3, 0.4) is 0 Å². The van der Waals surface area contributed by atoms with Crippen LogP contribution in [-0.2, 0) is 14.4 Å². The van der Waals surface area contributed by atoms with Crippen LogP contribution in [0.15, 0.2) is 47.4 Å². The number of halogens is 1. The smallest absolute Gasteiger partial charge is 0.255 e. The van der Waals surface area contributed by atoms with Gasteiger partial charge in [-0.25, -0.2) is 4.39 Å². The van der Waals surface area contributed by atoms with Crippen molar-refractivity contribution >= 4 is 23.4 Å². The maximum absolute atomic E-state index is 14.5. The Morgan fingerprint density at radius 1 is 1.23 bits per heavy atom. The van der Waals surface area contributed by atoms with Gasteiger partial charge in [0.15, 0.2) is 0 Å². The normalized spacial score (nSPS) is 18.7. The zero-order valence-corrected chi connectivity index (χ0v) is 16.3. The van der Waals surface area contributed by atoms with Gasteiger partial charge in [0.25, 0.3) is 5.56 Å². The number of amides is 3. The summed E-state index contributed by atoms with van der Waals surface area (Å²) in [6.07, 6.45) is 1.81. The van der Waals surface area contributed by atoms with Gasteiger partial charge in [-0.1, -0.05) is 6.07 Å². The average molecular weight is 415 g/mol.